The van der Waals surface area contributed by atoms with E-state index in [9.17, 15) is 5.11 Å². The Kier molecular flexibility index (Phi) is 2.68. The van der Waals surface area contributed by atoms with Gasteiger partial charge < -0.3 is 14.3 Å². The Bertz CT molecular complexity index is 512. The van der Waals surface area contributed by atoms with Crippen molar-refractivity contribution in [1.82, 2.24) is 0 Å². The predicted octanol–water partition coefficient (Wildman–Crippen LogP) is 3.30. The lowest BCUT2D eigenvalue weighted by Crippen LogP contribution is -1.85. The third-order valence-electron chi connectivity index (χ3n) is 2.37. The van der Waals surface area contributed by atoms with Gasteiger partial charge in [0.25, 0.3) is 0 Å². The van der Waals surface area contributed by atoms with Crippen LogP contribution in [0.15, 0.2) is 41.5 Å². The molecule has 0 aliphatic rings. The molecule has 1 aromatic carbocycles. The van der Waals surface area contributed by atoms with Crippen LogP contribution in [0.1, 0.15) is 5.76 Å². The van der Waals surface area contributed by atoms with Crippen LogP contribution in [0.3, 0.4) is 0 Å². The maximum atomic E-state index is 9.49. The monoisotopic (exact) mass is 216 g/mol. The number of phenols is 1. The second-order valence-corrected chi connectivity index (χ2v) is 3.29. The van der Waals surface area contributed by atoms with Crippen molar-refractivity contribution < 1.29 is 14.3 Å². The molecule has 0 aliphatic heterocycles. The molecule has 16 heavy (non-hydrogen) atoms. The lowest BCUT2D eigenvalue weighted by molar-refractivity contribution is 0.373. The van der Waals surface area contributed by atoms with Crippen LogP contribution in [0.2, 0.25) is 0 Å². The second kappa shape index (κ2) is 4.14. The zero-order valence-corrected chi connectivity index (χ0v) is 8.93. The molecule has 2 aromatic rings. The molecule has 0 fully saturated rings. The predicted molar refractivity (Wildman–Crippen MR) is 62.5 cm³/mol. The maximum Gasteiger partial charge on any atom is 0.161 e. The summed E-state index contributed by atoms with van der Waals surface area (Å²) < 4.78 is 10.3. The topological polar surface area (TPSA) is 42.6 Å². The minimum Gasteiger partial charge on any atom is -0.504 e. The molecule has 1 aromatic heterocycles. The summed E-state index contributed by atoms with van der Waals surface area (Å²) in [4.78, 5) is 0. The molecule has 2 rings (SSSR count). The average molecular weight is 216 g/mol. The van der Waals surface area contributed by atoms with E-state index < -0.39 is 0 Å². The molecule has 3 nitrogen and oxygen atoms in total. The fraction of sp³-hybridized carbons (Fsp3) is 0.0769. The number of aromatic hydroxyl groups is 1. The SMILES string of the molecule is C=Cc1occc1-c1ccc(O)c(OC)c1. The van der Waals surface area contributed by atoms with Crippen LogP contribution < -0.4 is 4.74 Å². The van der Waals surface area contributed by atoms with Crippen LogP contribution in [0.4, 0.5) is 0 Å². The number of furan rings is 1. The minimum atomic E-state index is 0.120. The van der Waals surface area contributed by atoms with Gasteiger partial charge in [-0.3, -0.25) is 0 Å². The first kappa shape index (κ1) is 10.4. The van der Waals surface area contributed by atoms with E-state index in [0.717, 1.165) is 11.1 Å². The van der Waals surface area contributed by atoms with Gasteiger partial charge in [0.15, 0.2) is 11.5 Å². The summed E-state index contributed by atoms with van der Waals surface area (Å²) in [5, 5.41) is 9.49. The van der Waals surface area contributed by atoms with Gasteiger partial charge in [0, 0.05) is 5.56 Å². The van der Waals surface area contributed by atoms with Crippen molar-refractivity contribution in [2.24, 2.45) is 0 Å². The fourth-order valence-corrected chi connectivity index (χ4v) is 1.56. The molecule has 1 N–H and O–H groups in total. The summed E-state index contributed by atoms with van der Waals surface area (Å²) in [7, 11) is 1.52. The molecule has 0 saturated carbocycles. The summed E-state index contributed by atoms with van der Waals surface area (Å²) in [5.74, 6) is 1.26. The van der Waals surface area contributed by atoms with Crippen LogP contribution in [0, 0.1) is 0 Å². The highest BCUT2D eigenvalue weighted by molar-refractivity contribution is 5.73. The molecule has 0 aliphatic carbocycles. The smallest absolute Gasteiger partial charge is 0.161 e. The van der Waals surface area contributed by atoms with E-state index in [-0.39, 0.29) is 5.75 Å². The molecule has 3 heteroatoms. The Labute approximate surface area is 93.6 Å². The second-order valence-electron chi connectivity index (χ2n) is 3.29. The van der Waals surface area contributed by atoms with Crippen LogP contribution in [-0.2, 0) is 0 Å². The van der Waals surface area contributed by atoms with Crippen LogP contribution in [0.25, 0.3) is 17.2 Å². The largest absolute Gasteiger partial charge is 0.504 e. The lowest BCUT2D eigenvalue weighted by Gasteiger charge is -2.05. The Morgan fingerprint density at radius 1 is 1.38 bits per heavy atom. The first-order chi connectivity index (χ1) is 7.76. The average Bonchev–Trinajstić information content (AvgIpc) is 2.78. The van der Waals surface area contributed by atoms with Crippen LogP contribution >= 0.6 is 0 Å². The minimum absolute atomic E-state index is 0.120. The number of hydrogen-bond donors (Lipinski definition) is 1. The molecule has 0 amide bonds. The first-order valence-electron chi connectivity index (χ1n) is 4.83. The van der Waals surface area contributed by atoms with E-state index in [2.05, 4.69) is 6.58 Å². The van der Waals surface area contributed by atoms with Gasteiger partial charge in [0.05, 0.1) is 13.4 Å². The molecular weight excluding hydrogens is 204 g/mol. The summed E-state index contributed by atoms with van der Waals surface area (Å²) in [6.45, 7) is 3.68. The summed E-state index contributed by atoms with van der Waals surface area (Å²) in [5.41, 5.74) is 1.84. The Balaban J connectivity index is 2.52. The van der Waals surface area contributed by atoms with Crippen molar-refractivity contribution in [2.45, 2.75) is 0 Å². The highest BCUT2D eigenvalue weighted by Crippen LogP contribution is 2.33. The van der Waals surface area contributed by atoms with Gasteiger partial charge in [-0.1, -0.05) is 12.6 Å². The molecule has 0 saturated heterocycles. The lowest BCUT2D eigenvalue weighted by atomic mass is 10.1. The van der Waals surface area contributed by atoms with Crippen molar-refractivity contribution in [1.29, 1.82) is 0 Å². The van der Waals surface area contributed by atoms with Crippen LogP contribution in [0.5, 0.6) is 11.5 Å². The van der Waals surface area contributed by atoms with Crippen molar-refractivity contribution in [2.75, 3.05) is 7.11 Å². The molecule has 0 spiro atoms. The Hall–Kier alpha value is -2.16. The van der Waals surface area contributed by atoms with Crippen molar-refractivity contribution >= 4 is 6.08 Å². The summed E-state index contributed by atoms with van der Waals surface area (Å²) in [6, 6.07) is 7.00. The normalized spacial score (nSPS) is 10.1. The van der Waals surface area contributed by atoms with E-state index in [0.29, 0.717) is 11.5 Å². The molecule has 0 atom stereocenters. The quantitative estimate of drug-likeness (QED) is 0.855. The van der Waals surface area contributed by atoms with Gasteiger partial charge in [0.2, 0.25) is 0 Å². The number of phenolic OH excluding ortho intramolecular Hbond substituents is 1. The van der Waals surface area contributed by atoms with Gasteiger partial charge in [-0.2, -0.15) is 0 Å². The number of benzene rings is 1. The molecule has 1 heterocycles. The molecule has 82 valence electrons. The maximum absolute atomic E-state index is 9.49. The van der Waals surface area contributed by atoms with Gasteiger partial charge in [-0.25, -0.2) is 0 Å². The first-order valence-corrected chi connectivity index (χ1v) is 4.83. The highest BCUT2D eigenvalue weighted by Gasteiger charge is 2.09. The number of hydrogen-bond acceptors (Lipinski definition) is 3. The van der Waals surface area contributed by atoms with Gasteiger partial charge >= 0.3 is 0 Å². The van der Waals surface area contributed by atoms with Crippen LogP contribution in [-0.4, -0.2) is 12.2 Å². The zero-order chi connectivity index (χ0) is 11.5. The van der Waals surface area contributed by atoms with E-state index in [4.69, 9.17) is 9.15 Å². The van der Waals surface area contributed by atoms with E-state index >= 15 is 0 Å². The number of ether oxygens (including phenoxy) is 1. The van der Waals surface area contributed by atoms with E-state index in [1.165, 1.54) is 7.11 Å². The van der Waals surface area contributed by atoms with Gasteiger partial charge in [-0.15, -0.1) is 0 Å². The van der Waals surface area contributed by atoms with Crippen molar-refractivity contribution in [3.05, 3.63) is 42.9 Å². The van der Waals surface area contributed by atoms with Crippen molar-refractivity contribution in [3.8, 4) is 22.6 Å². The Morgan fingerprint density at radius 2 is 2.19 bits per heavy atom. The summed E-state index contributed by atoms with van der Waals surface area (Å²) >= 11 is 0. The fourth-order valence-electron chi connectivity index (χ4n) is 1.56. The molecular formula is C13H12O3. The van der Waals surface area contributed by atoms with Crippen molar-refractivity contribution in [3.63, 3.8) is 0 Å². The third kappa shape index (κ3) is 1.67. The van der Waals surface area contributed by atoms with E-state index in [1.54, 1.807) is 30.5 Å². The van der Waals surface area contributed by atoms with Gasteiger partial charge in [-0.05, 0) is 29.8 Å². The zero-order valence-electron chi connectivity index (χ0n) is 8.93. The third-order valence-corrected chi connectivity index (χ3v) is 2.37. The van der Waals surface area contributed by atoms with Gasteiger partial charge in [0.1, 0.15) is 5.76 Å². The molecule has 0 radical (unpaired) electrons. The number of methoxy groups -OCH3 is 1. The van der Waals surface area contributed by atoms with E-state index in [1.807, 2.05) is 6.07 Å². The Morgan fingerprint density at radius 3 is 2.88 bits per heavy atom. The standard InChI is InChI=1S/C13H12O3/c1-3-12-10(6-7-16-12)9-4-5-11(14)13(8-9)15-2/h3-8,14H,1H2,2H3. The molecule has 0 bridgehead atoms. The molecule has 0 unspecified atom stereocenters. The summed E-state index contributed by atoms with van der Waals surface area (Å²) in [6.07, 6.45) is 3.25. The number of rotatable bonds is 3. The highest BCUT2D eigenvalue weighted by atomic mass is 16.5.